The van der Waals surface area contributed by atoms with Crippen molar-refractivity contribution in [3.05, 3.63) is 72.6 Å². The molecule has 0 bridgehead atoms. The van der Waals surface area contributed by atoms with Gasteiger partial charge in [0.15, 0.2) is 0 Å². The minimum Gasteiger partial charge on any atom is -0.497 e. The first-order valence-electron chi connectivity index (χ1n) is 6.84. The van der Waals surface area contributed by atoms with Crippen molar-refractivity contribution in [2.75, 3.05) is 0 Å². The van der Waals surface area contributed by atoms with Crippen LogP contribution in [-0.2, 0) is 6.42 Å². The van der Waals surface area contributed by atoms with E-state index in [0.29, 0.717) is 18.6 Å². The SMILES string of the molecule is N#CCCc1cccnc1.O=[N+]([O-])c1cc([N+](=O)[O-])c(O)c([N+](=O)[O-])c1. The zero-order valence-corrected chi connectivity index (χ0v) is 13.0. The predicted molar refractivity (Wildman–Crippen MR) is 86.2 cm³/mol. The number of rotatable bonds is 5. The summed E-state index contributed by atoms with van der Waals surface area (Å²) in [5, 5.41) is 48.5. The zero-order valence-electron chi connectivity index (χ0n) is 13.0. The van der Waals surface area contributed by atoms with Gasteiger partial charge in [-0.15, -0.1) is 0 Å². The molecule has 1 aromatic carbocycles. The average Bonchev–Trinajstić information content (AvgIpc) is 2.60. The van der Waals surface area contributed by atoms with E-state index in [4.69, 9.17) is 10.4 Å². The number of hydrogen-bond donors (Lipinski definition) is 1. The average molecular weight is 361 g/mol. The fourth-order valence-electron chi connectivity index (χ4n) is 1.72. The molecule has 0 saturated heterocycles. The molecular formula is C14H11N5O7. The maximum absolute atomic E-state index is 10.4. The molecule has 1 N–H and O–H groups in total. The molecule has 0 saturated carbocycles. The topological polar surface area (TPSA) is 186 Å². The second-order valence-corrected chi connectivity index (χ2v) is 4.62. The molecule has 1 heterocycles. The van der Waals surface area contributed by atoms with Crippen LogP contribution in [0.3, 0.4) is 0 Å². The summed E-state index contributed by atoms with van der Waals surface area (Å²) >= 11 is 0. The number of aromatic nitrogens is 1. The van der Waals surface area contributed by atoms with Crippen molar-refractivity contribution in [2.24, 2.45) is 0 Å². The van der Waals surface area contributed by atoms with Crippen molar-refractivity contribution in [1.82, 2.24) is 4.98 Å². The lowest BCUT2D eigenvalue weighted by Gasteiger charge is -1.97. The molecule has 0 aliphatic rings. The Bertz CT molecular complexity index is 829. The van der Waals surface area contributed by atoms with Gasteiger partial charge in [0.25, 0.3) is 11.4 Å². The van der Waals surface area contributed by atoms with Gasteiger partial charge in [-0.25, -0.2) is 0 Å². The monoisotopic (exact) mass is 361 g/mol. The molecule has 0 atom stereocenters. The quantitative estimate of drug-likeness (QED) is 0.616. The van der Waals surface area contributed by atoms with Gasteiger partial charge < -0.3 is 5.11 Å². The fraction of sp³-hybridized carbons (Fsp3) is 0.143. The number of aryl methyl sites for hydroxylation is 1. The van der Waals surface area contributed by atoms with Crippen LogP contribution in [-0.4, -0.2) is 24.9 Å². The second kappa shape index (κ2) is 9.23. The molecule has 1 aromatic heterocycles. The van der Waals surface area contributed by atoms with Gasteiger partial charge in [0, 0.05) is 18.8 Å². The number of hydrogen-bond acceptors (Lipinski definition) is 9. The van der Waals surface area contributed by atoms with Crippen LogP contribution in [0.4, 0.5) is 17.1 Å². The van der Waals surface area contributed by atoms with Crippen LogP contribution >= 0.6 is 0 Å². The van der Waals surface area contributed by atoms with Crippen molar-refractivity contribution in [1.29, 1.82) is 5.26 Å². The highest BCUT2D eigenvalue weighted by Crippen LogP contribution is 2.38. The van der Waals surface area contributed by atoms with Crippen molar-refractivity contribution in [2.45, 2.75) is 12.8 Å². The molecule has 0 aliphatic carbocycles. The summed E-state index contributed by atoms with van der Waals surface area (Å²) in [5.41, 5.74) is -1.87. The largest absolute Gasteiger partial charge is 0.497 e. The number of nitro benzene ring substituents is 3. The number of nitrogens with zero attached hydrogens (tertiary/aromatic N) is 5. The Hall–Kier alpha value is -4.14. The summed E-state index contributed by atoms with van der Waals surface area (Å²) in [5.74, 6) is -1.21. The molecule has 0 spiro atoms. The van der Waals surface area contributed by atoms with Crippen molar-refractivity contribution < 1.29 is 19.9 Å². The van der Waals surface area contributed by atoms with Crippen molar-refractivity contribution >= 4 is 17.1 Å². The Morgan fingerprint density at radius 3 is 2.04 bits per heavy atom. The lowest BCUT2D eigenvalue weighted by Crippen LogP contribution is -1.97. The highest BCUT2D eigenvalue weighted by molar-refractivity contribution is 5.64. The third kappa shape index (κ3) is 5.49. The molecule has 2 rings (SSSR count). The van der Waals surface area contributed by atoms with Crippen LogP contribution in [0, 0.1) is 41.7 Å². The van der Waals surface area contributed by atoms with Crippen LogP contribution in [0.5, 0.6) is 5.75 Å². The minimum atomic E-state index is -1.21. The third-order valence-corrected chi connectivity index (χ3v) is 2.91. The molecule has 0 unspecified atom stereocenters. The van der Waals surface area contributed by atoms with E-state index in [2.05, 4.69) is 11.1 Å². The number of pyridine rings is 1. The summed E-state index contributed by atoms with van der Waals surface area (Å²) in [6.45, 7) is 0. The Kier molecular flexibility index (Phi) is 7.06. The lowest BCUT2D eigenvalue weighted by atomic mass is 10.2. The maximum Gasteiger partial charge on any atom is 0.324 e. The van der Waals surface area contributed by atoms with Crippen LogP contribution in [0.2, 0.25) is 0 Å². The van der Waals surface area contributed by atoms with E-state index in [1.807, 2.05) is 12.1 Å². The normalized spacial score (nSPS) is 9.35. The van der Waals surface area contributed by atoms with Gasteiger partial charge in [0.1, 0.15) is 0 Å². The minimum absolute atomic E-state index is 0.447. The summed E-state index contributed by atoms with van der Waals surface area (Å²) < 4.78 is 0. The Morgan fingerprint density at radius 1 is 1.08 bits per heavy atom. The van der Waals surface area contributed by atoms with E-state index in [0.717, 1.165) is 12.0 Å². The number of nitro groups is 3. The molecule has 0 radical (unpaired) electrons. The summed E-state index contributed by atoms with van der Waals surface area (Å²) in [4.78, 5) is 31.7. The molecule has 2 aromatic rings. The number of benzene rings is 1. The smallest absolute Gasteiger partial charge is 0.324 e. The van der Waals surface area contributed by atoms with Gasteiger partial charge in [-0.2, -0.15) is 5.26 Å². The van der Waals surface area contributed by atoms with E-state index >= 15 is 0 Å². The molecule has 12 nitrogen and oxygen atoms in total. The van der Waals surface area contributed by atoms with Crippen LogP contribution < -0.4 is 0 Å². The first kappa shape index (κ1) is 19.9. The second-order valence-electron chi connectivity index (χ2n) is 4.62. The van der Waals surface area contributed by atoms with E-state index in [9.17, 15) is 30.3 Å². The number of phenols is 1. The van der Waals surface area contributed by atoms with Crippen molar-refractivity contribution in [3.63, 3.8) is 0 Å². The number of non-ortho nitro benzene ring substituents is 1. The lowest BCUT2D eigenvalue weighted by molar-refractivity contribution is -0.404. The Morgan fingerprint density at radius 2 is 1.65 bits per heavy atom. The molecule has 0 aliphatic heterocycles. The van der Waals surface area contributed by atoms with Crippen LogP contribution in [0.25, 0.3) is 0 Å². The molecular weight excluding hydrogens is 350 g/mol. The van der Waals surface area contributed by atoms with E-state index in [1.165, 1.54) is 0 Å². The van der Waals surface area contributed by atoms with Gasteiger partial charge in [0.2, 0.25) is 0 Å². The molecule has 26 heavy (non-hydrogen) atoms. The van der Waals surface area contributed by atoms with Gasteiger partial charge in [-0.3, -0.25) is 35.3 Å². The predicted octanol–water partition coefficient (Wildman–Crippen LogP) is 2.65. The van der Waals surface area contributed by atoms with Gasteiger partial charge >= 0.3 is 11.4 Å². The van der Waals surface area contributed by atoms with E-state index in [-0.39, 0.29) is 0 Å². The van der Waals surface area contributed by atoms with Crippen LogP contribution in [0.15, 0.2) is 36.7 Å². The summed E-state index contributed by atoms with van der Waals surface area (Å²) in [6.07, 6.45) is 4.91. The number of aromatic hydroxyl groups is 1. The number of nitriles is 1. The third-order valence-electron chi connectivity index (χ3n) is 2.91. The van der Waals surface area contributed by atoms with E-state index < -0.39 is 37.6 Å². The first-order chi connectivity index (χ1) is 12.3. The highest BCUT2D eigenvalue weighted by atomic mass is 16.6. The molecule has 134 valence electrons. The maximum atomic E-state index is 10.4. The zero-order chi connectivity index (χ0) is 19.7. The molecule has 0 fully saturated rings. The summed E-state index contributed by atoms with van der Waals surface area (Å²) in [6, 6.07) is 6.84. The Balaban J connectivity index is 0.000000289. The highest BCUT2D eigenvalue weighted by Gasteiger charge is 2.30. The molecule has 12 heteroatoms. The van der Waals surface area contributed by atoms with Gasteiger partial charge in [-0.05, 0) is 18.1 Å². The Labute approximate surface area is 145 Å². The van der Waals surface area contributed by atoms with Gasteiger partial charge in [-0.1, -0.05) is 6.07 Å². The van der Waals surface area contributed by atoms with Crippen molar-refractivity contribution in [3.8, 4) is 11.8 Å². The number of phenolic OH excluding ortho intramolecular Hbond substituents is 1. The van der Waals surface area contributed by atoms with E-state index in [1.54, 1.807) is 12.4 Å². The molecule has 0 amide bonds. The summed E-state index contributed by atoms with van der Waals surface area (Å²) in [7, 11) is 0. The first-order valence-corrected chi connectivity index (χ1v) is 6.84. The fourth-order valence-corrected chi connectivity index (χ4v) is 1.72. The van der Waals surface area contributed by atoms with Gasteiger partial charge in [0.05, 0.1) is 33.0 Å². The van der Waals surface area contributed by atoms with Crippen LogP contribution in [0.1, 0.15) is 12.0 Å². The standard InChI is InChI=1S/C8H8N2.C6H3N3O7/c9-5-1-3-8-4-2-6-10-7-8;10-6-4(8(13)14)1-3(7(11)12)2-5(6)9(15)16/h2,4,6-7H,1,3H2;1-2,10H.